The number of tetrazole rings is 1. The van der Waals surface area contributed by atoms with Crippen LogP contribution in [0.15, 0.2) is 28.0 Å². The number of nitrogens with one attached hydrogen (secondary N) is 1. The molecule has 0 aromatic carbocycles. The smallest absolute Gasteiger partial charge is 0.233 e. The number of hydrogen-bond acceptors (Lipinski definition) is 6. The van der Waals surface area contributed by atoms with E-state index in [-0.39, 0.29) is 11.2 Å². The third-order valence-electron chi connectivity index (χ3n) is 4.05. The van der Waals surface area contributed by atoms with E-state index in [1.165, 1.54) is 31.0 Å². The van der Waals surface area contributed by atoms with Gasteiger partial charge in [-0.15, -0.1) is 5.10 Å². The van der Waals surface area contributed by atoms with Gasteiger partial charge in [0.15, 0.2) is 0 Å². The maximum atomic E-state index is 12.2. The summed E-state index contributed by atoms with van der Waals surface area (Å²) in [7, 11) is 0. The molecule has 0 saturated heterocycles. The third kappa shape index (κ3) is 4.13. The fourth-order valence-electron chi connectivity index (χ4n) is 2.76. The van der Waals surface area contributed by atoms with Crippen molar-refractivity contribution < 1.29 is 9.21 Å². The molecule has 1 atom stereocenters. The molecule has 1 fully saturated rings. The fourth-order valence-corrected chi connectivity index (χ4v) is 3.64. The molecule has 8 heteroatoms. The number of amides is 1. The van der Waals surface area contributed by atoms with Crippen LogP contribution in [0.4, 0.5) is 0 Å². The average Bonchev–Trinajstić information content (AvgIpc) is 3.25. The van der Waals surface area contributed by atoms with Gasteiger partial charge in [0.05, 0.1) is 24.1 Å². The predicted octanol–water partition coefficient (Wildman–Crippen LogP) is 2.57. The Bertz CT molecular complexity index is 622. The summed E-state index contributed by atoms with van der Waals surface area (Å²) in [6, 6.07) is 4.00. The van der Waals surface area contributed by atoms with E-state index in [0.29, 0.717) is 12.6 Å². The zero-order chi connectivity index (χ0) is 16.1. The summed E-state index contributed by atoms with van der Waals surface area (Å²) in [5, 5.41) is 15.3. The first-order valence-corrected chi connectivity index (χ1v) is 8.86. The van der Waals surface area contributed by atoms with Crippen LogP contribution < -0.4 is 5.32 Å². The Kier molecular flexibility index (Phi) is 5.32. The topological polar surface area (TPSA) is 85.8 Å². The highest BCUT2D eigenvalue weighted by atomic mass is 32.2. The lowest BCUT2D eigenvalue weighted by Gasteiger charge is -2.22. The maximum absolute atomic E-state index is 12.2. The summed E-state index contributed by atoms with van der Waals surface area (Å²) >= 11 is 1.40. The van der Waals surface area contributed by atoms with Crippen LogP contribution in [0, 0.1) is 0 Å². The van der Waals surface area contributed by atoms with Crippen molar-refractivity contribution in [2.45, 2.75) is 62.0 Å². The first-order chi connectivity index (χ1) is 11.2. The van der Waals surface area contributed by atoms with Crippen molar-refractivity contribution >= 4 is 17.7 Å². The SMILES string of the molecule is C[C@@H](Sc1nnnn1C1CCCCC1)C(=O)NCc1ccco1. The number of carbonyl (C=O) groups is 1. The first-order valence-electron chi connectivity index (χ1n) is 7.98. The van der Waals surface area contributed by atoms with E-state index in [2.05, 4.69) is 20.8 Å². The molecule has 1 aliphatic carbocycles. The van der Waals surface area contributed by atoms with Crippen LogP contribution in [-0.4, -0.2) is 31.4 Å². The van der Waals surface area contributed by atoms with Gasteiger partial charge in [-0.3, -0.25) is 4.79 Å². The molecule has 1 N–H and O–H groups in total. The summed E-state index contributed by atoms with van der Waals surface area (Å²) in [5.74, 6) is 0.687. The molecule has 23 heavy (non-hydrogen) atoms. The molecule has 3 rings (SSSR count). The average molecular weight is 335 g/mol. The molecule has 1 aliphatic rings. The Balaban J connectivity index is 1.56. The molecule has 1 saturated carbocycles. The van der Waals surface area contributed by atoms with Gasteiger partial charge in [0.25, 0.3) is 0 Å². The highest BCUT2D eigenvalue weighted by Crippen LogP contribution is 2.31. The summed E-state index contributed by atoms with van der Waals surface area (Å²) in [6.45, 7) is 2.26. The van der Waals surface area contributed by atoms with Crippen molar-refractivity contribution in [2.24, 2.45) is 0 Å². The lowest BCUT2D eigenvalue weighted by Crippen LogP contribution is -2.30. The predicted molar refractivity (Wildman–Crippen MR) is 85.8 cm³/mol. The minimum atomic E-state index is -0.265. The van der Waals surface area contributed by atoms with Gasteiger partial charge in [-0.2, -0.15) is 0 Å². The molecule has 2 heterocycles. The van der Waals surface area contributed by atoms with Gasteiger partial charge >= 0.3 is 0 Å². The van der Waals surface area contributed by atoms with Gasteiger partial charge in [0.1, 0.15) is 5.76 Å². The molecule has 0 aliphatic heterocycles. The van der Waals surface area contributed by atoms with Crippen LogP contribution in [0.25, 0.3) is 0 Å². The van der Waals surface area contributed by atoms with Crippen molar-refractivity contribution in [3.8, 4) is 0 Å². The largest absolute Gasteiger partial charge is 0.467 e. The number of aromatic nitrogens is 4. The highest BCUT2D eigenvalue weighted by molar-refractivity contribution is 8.00. The second kappa shape index (κ2) is 7.63. The van der Waals surface area contributed by atoms with E-state index >= 15 is 0 Å². The fraction of sp³-hybridized carbons (Fsp3) is 0.600. The molecular formula is C15H21N5O2S. The molecule has 1 amide bonds. The molecule has 0 unspecified atom stereocenters. The van der Waals surface area contributed by atoms with Gasteiger partial charge in [-0.05, 0) is 42.3 Å². The van der Waals surface area contributed by atoms with E-state index in [1.54, 1.807) is 12.3 Å². The summed E-state index contributed by atoms with van der Waals surface area (Å²) in [5.41, 5.74) is 0. The second-order valence-electron chi connectivity index (χ2n) is 5.76. The third-order valence-corrected chi connectivity index (χ3v) is 5.10. The Labute approximate surface area is 139 Å². The summed E-state index contributed by atoms with van der Waals surface area (Å²) in [6.07, 6.45) is 7.53. The monoisotopic (exact) mass is 335 g/mol. The number of furan rings is 1. The van der Waals surface area contributed by atoms with Crippen LogP contribution >= 0.6 is 11.8 Å². The molecule has 0 bridgehead atoms. The molecule has 0 radical (unpaired) electrons. The van der Waals surface area contributed by atoms with Gasteiger partial charge in [0.2, 0.25) is 11.1 Å². The number of hydrogen-bond donors (Lipinski definition) is 1. The molecule has 0 spiro atoms. The van der Waals surface area contributed by atoms with E-state index in [0.717, 1.165) is 23.8 Å². The Morgan fingerprint density at radius 2 is 2.30 bits per heavy atom. The van der Waals surface area contributed by atoms with Crippen LogP contribution in [0.1, 0.15) is 50.8 Å². The minimum absolute atomic E-state index is 0.0513. The van der Waals surface area contributed by atoms with Crippen LogP contribution in [0.5, 0.6) is 0 Å². The maximum Gasteiger partial charge on any atom is 0.233 e. The van der Waals surface area contributed by atoms with E-state index < -0.39 is 0 Å². The highest BCUT2D eigenvalue weighted by Gasteiger charge is 2.23. The van der Waals surface area contributed by atoms with Gasteiger partial charge in [-0.25, -0.2) is 4.68 Å². The molecule has 2 aromatic rings. The number of rotatable bonds is 6. The van der Waals surface area contributed by atoms with Crippen LogP contribution in [0.2, 0.25) is 0 Å². The summed E-state index contributed by atoms with van der Waals surface area (Å²) < 4.78 is 7.10. The Morgan fingerprint density at radius 3 is 3.04 bits per heavy atom. The van der Waals surface area contributed by atoms with Crippen molar-refractivity contribution in [1.29, 1.82) is 0 Å². The first kappa shape index (κ1) is 16.0. The Hall–Kier alpha value is -1.83. The van der Waals surface area contributed by atoms with Crippen molar-refractivity contribution in [3.63, 3.8) is 0 Å². The van der Waals surface area contributed by atoms with Crippen LogP contribution in [-0.2, 0) is 11.3 Å². The zero-order valence-corrected chi connectivity index (χ0v) is 14.0. The summed E-state index contributed by atoms with van der Waals surface area (Å²) in [4.78, 5) is 12.2. The Morgan fingerprint density at radius 1 is 1.48 bits per heavy atom. The van der Waals surface area contributed by atoms with Crippen molar-refractivity contribution in [2.75, 3.05) is 0 Å². The molecule has 7 nitrogen and oxygen atoms in total. The van der Waals surface area contributed by atoms with Crippen molar-refractivity contribution in [3.05, 3.63) is 24.2 Å². The standard InChI is InChI=1S/C15H21N5O2S/c1-11(14(21)16-10-13-8-5-9-22-13)23-15-17-18-19-20(15)12-6-3-2-4-7-12/h5,8-9,11-12H,2-4,6-7,10H2,1H3,(H,16,21)/t11-/m1/s1. The van der Waals surface area contributed by atoms with E-state index in [1.807, 2.05) is 17.7 Å². The van der Waals surface area contributed by atoms with Crippen LogP contribution in [0.3, 0.4) is 0 Å². The van der Waals surface area contributed by atoms with Crippen molar-refractivity contribution in [1.82, 2.24) is 25.5 Å². The minimum Gasteiger partial charge on any atom is -0.467 e. The van der Waals surface area contributed by atoms with E-state index in [4.69, 9.17) is 4.42 Å². The lowest BCUT2D eigenvalue weighted by atomic mass is 9.96. The number of thioether (sulfide) groups is 1. The quantitative estimate of drug-likeness (QED) is 0.817. The zero-order valence-electron chi connectivity index (χ0n) is 13.1. The molecule has 124 valence electrons. The van der Waals surface area contributed by atoms with E-state index in [9.17, 15) is 4.79 Å². The van der Waals surface area contributed by atoms with Gasteiger partial charge in [-0.1, -0.05) is 31.0 Å². The van der Waals surface area contributed by atoms with Gasteiger partial charge in [0, 0.05) is 0 Å². The van der Waals surface area contributed by atoms with Gasteiger partial charge < -0.3 is 9.73 Å². The number of carbonyl (C=O) groups excluding carboxylic acids is 1. The second-order valence-corrected chi connectivity index (χ2v) is 7.06. The lowest BCUT2D eigenvalue weighted by molar-refractivity contribution is -0.120. The normalized spacial score (nSPS) is 17.1. The molecule has 2 aromatic heterocycles. The molecular weight excluding hydrogens is 314 g/mol. The number of nitrogens with zero attached hydrogens (tertiary/aromatic N) is 4.